The lowest BCUT2D eigenvalue weighted by molar-refractivity contribution is 0.101. The Kier molecular flexibility index (Phi) is 2.98. The molecule has 3 heteroatoms. The van der Waals surface area contributed by atoms with Gasteiger partial charge in [0.1, 0.15) is 0 Å². The van der Waals surface area contributed by atoms with Crippen molar-refractivity contribution in [3.8, 4) is 0 Å². The quantitative estimate of drug-likeness (QED) is 0.746. The molecule has 0 saturated heterocycles. The normalized spacial score (nSPS) is 9.77. The van der Waals surface area contributed by atoms with Crippen LogP contribution in [0.4, 0.5) is 0 Å². The highest BCUT2D eigenvalue weighted by Gasteiger charge is 2.07. The molecule has 0 amide bonds. The summed E-state index contributed by atoms with van der Waals surface area (Å²) in [6.07, 6.45) is 0. The van der Waals surface area contributed by atoms with Gasteiger partial charge in [-0.15, -0.1) is 0 Å². The summed E-state index contributed by atoms with van der Waals surface area (Å²) >= 11 is 3.25. The molecule has 1 aromatic rings. The SMILES string of the molecule is CC(=O)c1ccc(Br)c(C(C)=O)c1. The number of rotatable bonds is 2. The minimum atomic E-state index is -0.0463. The van der Waals surface area contributed by atoms with Gasteiger partial charge >= 0.3 is 0 Å². The zero-order chi connectivity index (χ0) is 10.0. The molecule has 0 radical (unpaired) electrons. The fourth-order valence-electron chi connectivity index (χ4n) is 1.01. The smallest absolute Gasteiger partial charge is 0.160 e. The van der Waals surface area contributed by atoms with Crippen LogP contribution < -0.4 is 0 Å². The van der Waals surface area contributed by atoms with Crippen LogP contribution in [0, 0.1) is 0 Å². The van der Waals surface area contributed by atoms with Gasteiger partial charge in [0.25, 0.3) is 0 Å². The van der Waals surface area contributed by atoms with Crippen molar-refractivity contribution in [3.05, 3.63) is 33.8 Å². The van der Waals surface area contributed by atoms with E-state index in [9.17, 15) is 9.59 Å². The second kappa shape index (κ2) is 3.83. The van der Waals surface area contributed by atoms with Gasteiger partial charge in [-0.05, 0) is 26.0 Å². The van der Waals surface area contributed by atoms with Gasteiger partial charge in [0.05, 0.1) is 0 Å². The van der Waals surface area contributed by atoms with Gasteiger partial charge in [-0.25, -0.2) is 0 Å². The van der Waals surface area contributed by atoms with Crippen molar-refractivity contribution in [3.63, 3.8) is 0 Å². The Balaban J connectivity index is 3.27. The predicted octanol–water partition coefficient (Wildman–Crippen LogP) is 2.85. The Morgan fingerprint density at radius 3 is 2.23 bits per heavy atom. The van der Waals surface area contributed by atoms with Crippen molar-refractivity contribution in [2.75, 3.05) is 0 Å². The Bertz CT molecular complexity index is 369. The summed E-state index contributed by atoms with van der Waals surface area (Å²) in [5.41, 5.74) is 1.11. The molecule has 1 rings (SSSR count). The minimum Gasteiger partial charge on any atom is -0.295 e. The molecule has 68 valence electrons. The molecule has 13 heavy (non-hydrogen) atoms. The lowest BCUT2D eigenvalue weighted by Gasteiger charge is -2.01. The first kappa shape index (κ1) is 10.1. The standard InChI is InChI=1S/C10H9BrO2/c1-6(12)8-3-4-10(11)9(5-8)7(2)13/h3-5H,1-2H3. The van der Waals surface area contributed by atoms with Crippen molar-refractivity contribution in [2.45, 2.75) is 13.8 Å². The molecule has 0 aromatic heterocycles. The molecule has 0 aliphatic heterocycles. The molecule has 1 aromatic carbocycles. The molecule has 0 spiro atoms. The molecule has 0 N–H and O–H groups in total. The van der Waals surface area contributed by atoms with E-state index in [0.29, 0.717) is 11.1 Å². The molecule has 0 saturated carbocycles. The van der Waals surface area contributed by atoms with E-state index >= 15 is 0 Å². The van der Waals surface area contributed by atoms with Crippen LogP contribution in [0.3, 0.4) is 0 Å². The molecule has 0 heterocycles. The van der Waals surface area contributed by atoms with E-state index in [1.54, 1.807) is 18.2 Å². The summed E-state index contributed by atoms with van der Waals surface area (Å²) in [6.45, 7) is 2.96. The van der Waals surface area contributed by atoms with Crippen molar-refractivity contribution >= 4 is 27.5 Å². The molecule has 0 bridgehead atoms. The molecule has 0 unspecified atom stereocenters. The zero-order valence-electron chi connectivity index (χ0n) is 7.43. The van der Waals surface area contributed by atoms with E-state index in [-0.39, 0.29) is 11.6 Å². The van der Waals surface area contributed by atoms with Crippen LogP contribution in [0.5, 0.6) is 0 Å². The van der Waals surface area contributed by atoms with Gasteiger partial charge in [0, 0.05) is 15.6 Å². The van der Waals surface area contributed by atoms with Crippen LogP contribution in [0.25, 0.3) is 0 Å². The molecule has 0 aliphatic carbocycles. The minimum absolute atomic E-state index is 0.0324. The Morgan fingerprint density at radius 2 is 1.77 bits per heavy atom. The van der Waals surface area contributed by atoms with Gasteiger partial charge in [-0.2, -0.15) is 0 Å². The molecular formula is C10H9BrO2. The number of carbonyl (C=O) groups excluding carboxylic acids is 2. The number of benzene rings is 1. The van der Waals surface area contributed by atoms with Crippen LogP contribution in [0.2, 0.25) is 0 Å². The van der Waals surface area contributed by atoms with Crippen LogP contribution >= 0.6 is 15.9 Å². The highest BCUT2D eigenvalue weighted by molar-refractivity contribution is 9.10. The van der Waals surface area contributed by atoms with E-state index in [4.69, 9.17) is 0 Å². The summed E-state index contributed by atoms with van der Waals surface area (Å²) in [5.74, 6) is -0.0787. The van der Waals surface area contributed by atoms with E-state index < -0.39 is 0 Å². The predicted molar refractivity (Wildman–Crippen MR) is 54.2 cm³/mol. The maximum absolute atomic E-state index is 11.1. The van der Waals surface area contributed by atoms with Crippen molar-refractivity contribution in [1.29, 1.82) is 0 Å². The van der Waals surface area contributed by atoms with Crippen LogP contribution in [-0.2, 0) is 0 Å². The highest BCUT2D eigenvalue weighted by Crippen LogP contribution is 2.19. The van der Waals surface area contributed by atoms with Gasteiger partial charge in [-0.3, -0.25) is 9.59 Å². The summed E-state index contributed by atoms with van der Waals surface area (Å²) < 4.78 is 0.727. The Morgan fingerprint density at radius 1 is 1.15 bits per heavy atom. The van der Waals surface area contributed by atoms with Crippen molar-refractivity contribution in [2.24, 2.45) is 0 Å². The number of hydrogen-bond donors (Lipinski definition) is 0. The summed E-state index contributed by atoms with van der Waals surface area (Å²) in [5, 5.41) is 0. The first-order chi connectivity index (χ1) is 6.02. The fourth-order valence-corrected chi connectivity index (χ4v) is 1.54. The van der Waals surface area contributed by atoms with Crippen LogP contribution in [0.15, 0.2) is 22.7 Å². The van der Waals surface area contributed by atoms with Crippen LogP contribution in [0.1, 0.15) is 34.6 Å². The number of halogens is 1. The number of hydrogen-bond acceptors (Lipinski definition) is 2. The average molecular weight is 241 g/mol. The van der Waals surface area contributed by atoms with E-state index in [1.165, 1.54) is 13.8 Å². The third-order valence-electron chi connectivity index (χ3n) is 1.75. The largest absolute Gasteiger partial charge is 0.295 e. The monoisotopic (exact) mass is 240 g/mol. The zero-order valence-corrected chi connectivity index (χ0v) is 9.01. The first-order valence-corrected chi connectivity index (χ1v) is 4.63. The molecular weight excluding hydrogens is 232 g/mol. The molecule has 0 atom stereocenters. The third-order valence-corrected chi connectivity index (χ3v) is 2.44. The lowest BCUT2D eigenvalue weighted by atomic mass is 10.1. The average Bonchev–Trinajstić information content (AvgIpc) is 2.04. The van der Waals surface area contributed by atoms with Crippen molar-refractivity contribution in [1.82, 2.24) is 0 Å². The maximum atomic E-state index is 11.1. The lowest BCUT2D eigenvalue weighted by Crippen LogP contribution is -1.98. The second-order valence-corrected chi connectivity index (χ2v) is 3.66. The number of ketones is 2. The van der Waals surface area contributed by atoms with E-state index in [2.05, 4.69) is 15.9 Å². The Hall–Kier alpha value is -0.960. The van der Waals surface area contributed by atoms with Gasteiger partial charge < -0.3 is 0 Å². The van der Waals surface area contributed by atoms with E-state index in [1.807, 2.05) is 0 Å². The number of Topliss-reactive ketones (excluding diaryl/α,β-unsaturated/α-hetero) is 2. The molecule has 2 nitrogen and oxygen atoms in total. The van der Waals surface area contributed by atoms with Crippen molar-refractivity contribution < 1.29 is 9.59 Å². The summed E-state index contributed by atoms with van der Waals surface area (Å²) in [6, 6.07) is 5.01. The van der Waals surface area contributed by atoms with Gasteiger partial charge in [0.15, 0.2) is 11.6 Å². The second-order valence-electron chi connectivity index (χ2n) is 2.81. The third kappa shape index (κ3) is 2.25. The van der Waals surface area contributed by atoms with E-state index in [0.717, 1.165) is 4.47 Å². The maximum Gasteiger partial charge on any atom is 0.160 e. The fraction of sp³-hybridized carbons (Fsp3) is 0.200. The number of carbonyl (C=O) groups is 2. The Labute approximate surface area is 85.1 Å². The molecule has 0 aliphatic rings. The van der Waals surface area contributed by atoms with Crippen LogP contribution in [-0.4, -0.2) is 11.6 Å². The van der Waals surface area contributed by atoms with Gasteiger partial charge in [0.2, 0.25) is 0 Å². The highest BCUT2D eigenvalue weighted by atomic mass is 79.9. The summed E-state index contributed by atoms with van der Waals surface area (Å²) in [7, 11) is 0. The molecule has 0 fully saturated rings. The first-order valence-electron chi connectivity index (χ1n) is 3.84. The topological polar surface area (TPSA) is 34.1 Å². The summed E-state index contributed by atoms with van der Waals surface area (Å²) in [4.78, 5) is 22.1. The van der Waals surface area contributed by atoms with Gasteiger partial charge in [-0.1, -0.05) is 22.0 Å².